The van der Waals surface area contributed by atoms with Crippen LogP contribution < -0.4 is 14.8 Å². The molecule has 0 spiro atoms. The zero-order valence-corrected chi connectivity index (χ0v) is 18.8. The molecule has 1 N–H and O–H groups in total. The van der Waals surface area contributed by atoms with Crippen LogP contribution in [-0.4, -0.2) is 61.6 Å². The molecule has 2 amide bonds. The van der Waals surface area contributed by atoms with E-state index in [4.69, 9.17) is 14.2 Å². The number of esters is 1. The average Bonchev–Trinajstić information content (AvgIpc) is 2.77. The third-order valence-electron chi connectivity index (χ3n) is 5.00. The molecule has 1 heterocycles. The van der Waals surface area contributed by atoms with Gasteiger partial charge in [0, 0.05) is 19.1 Å². The second-order valence-electron chi connectivity index (χ2n) is 7.66. The van der Waals surface area contributed by atoms with Gasteiger partial charge in [-0.05, 0) is 57.7 Å². The Morgan fingerprint density at radius 3 is 2.45 bits per heavy atom. The Labute approximate surface area is 184 Å². The number of likely N-dealkylation sites (tertiary alicyclic amines) is 1. The monoisotopic (exact) mass is 434 g/mol. The van der Waals surface area contributed by atoms with Crippen LogP contribution in [0.1, 0.15) is 63.2 Å². The number of hydrogen-bond acceptors (Lipinski definition) is 6. The topological polar surface area (TPSA) is 94.2 Å². The predicted octanol–water partition coefficient (Wildman–Crippen LogP) is 2.94. The highest BCUT2D eigenvalue weighted by atomic mass is 16.5. The quantitative estimate of drug-likeness (QED) is 0.538. The highest BCUT2D eigenvalue weighted by Gasteiger charge is 2.19. The van der Waals surface area contributed by atoms with Crippen LogP contribution in [0.3, 0.4) is 0 Å². The molecule has 8 heteroatoms. The first-order chi connectivity index (χ1) is 14.9. The maximum Gasteiger partial charge on any atom is 0.338 e. The molecule has 1 aliphatic rings. The molecule has 2 rings (SSSR count). The van der Waals surface area contributed by atoms with Crippen molar-refractivity contribution < 1.29 is 28.6 Å². The summed E-state index contributed by atoms with van der Waals surface area (Å²) in [5.41, 5.74) is 0.243. The van der Waals surface area contributed by atoms with E-state index in [1.165, 1.54) is 12.1 Å². The zero-order chi connectivity index (χ0) is 22.6. The van der Waals surface area contributed by atoms with Crippen LogP contribution in [0.15, 0.2) is 18.2 Å². The van der Waals surface area contributed by atoms with Gasteiger partial charge in [-0.15, -0.1) is 0 Å². The number of amides is 2. The van der Waals surface area contributed by atoms with Gasteiger partial charge in [-0.25, -0.2) is 4.79 Å². The fraction of sp³-hybridized carbons (Fsp3) is 0.609. The number of ether oxygens (including phenoxy) is 3. The first kappa shape index (κ1) is 24.5. The van der Waals surface area contributed by atoms with Crippen LogP contribution in [0.4, 0.5) is 0 Å². The SMILES string of the molecule is CCCC(C)NC(=O)COC(=O)c1ccc(OCC(=O)N2CCCCC2)c(OCC)c1. The molecule has 1 aromatic carbocycles. The third-order valence-corrected chi connectivity index (χ3v) is 5.00. The minimum absolute atomic E-state index is 0.0323. The van der Waals surface area contributed by atoms with Crippen molar-refractivity contribution in [3.63, 3.8) is 0 Å². The van der Waals surface area contributed by atoms with E-state index in [2.05, 4.69) is 5.32 Å². The summed E-state index contributed by atoms with van der Waals surface area (Å²) in [5.74, 6) is -0.293. The number of carbonyl (C=O) groups is 3. The number of rotatable bonds is 11. The maximum absolute atomic E-state index is 12.3. The van der Waals surface area contributed by atoms with Crippen molar-refractivity contribution in [2.45, 2.75) is 58.9 Å². The molecule has 0 bridgehead atoms. The lowest BCUT2D eigenvalue weighted by Gasteiger charge is -2.26. The number of piperidine rings is 1. The Bertz CT molecular complexity index is 746. The first-order valence-electron chi connectivity index (χ1n) is 11.1. The summed E-state index contributed by atoms with van der Waals surface area (Å²) in [6.45, 7) is 7.22. The predicted molar refractivity (Wildman–Crippen MR) is 116 cm³/mol. The highest BCUT2D eigenvalue weighted by molar-refractivity contribution is 5.92. The molecule has 0 aliphatic carbocycles. The number of hydrogen-bond donors (Lipinski definition) is 1. The Hall–Kier alpha value is -2.77. The second kappa shape index (κ2) is 12.8. The van der Waals surface area contributed by atoms with E-state index in [-0.39, 0.29) is 36.6 Å². The lowest BCUT2D eigenvalue weighted by atomic mass is 10.1. The molecular weight excluding hydrogens is 400 g/mol. The molecule has 1 aromatic rings. The molecule has 8 nitrogen and oxygen atoms in total. The molecule has 1 atom stereocenters. The lowest BCUT2D eigenvalue weighted by Crippen LogP contribution is -2.38. The number of nitrogens with zero attached hydrogens (tertiary/aromatic N) is 1. The molecule has 31 heavy (non-hydrogen) atoms. The molecule has 1 saturated heterocycles. The van der Waals surface area contributed by atoms with Crippen LogP contribution in [0.25, 0.3) is 0 Å². The number of carbonyl (C=O) groups excluding carboxylic acids is 3. The molecule has 0 radical (unpaired) electrons. The summed E-state index contributed by atoms with van der Waals surface area (Å²) in [6.07, 6.45) is 5.00. The third kappa shape index (κ3) is 8.11. The summed E-state index contributed by atoms with van der Waals surface area (Å²) in [6, 6.07) is 4.65. The van der Waals surface area contributed by atoms with Crippen LogP contribution in [0.5, 0.6) is 11.5 Å². The van der Waals surface area contributed by atoms with Crippen LogP contribution in [0.2, 0.25) is 0 Å². The smallest absolute Gasteiger partial charge is 0.338 e. The zero-order valence-electron chi connectivity index (χ0n) is 18.8. The van der Waals surface area contributed by atoms with Crippen molar-refractivity contribution in [1.29, 1.82) is 0 Å². The van der Waals surface area contributed by atoms with Gasteiger partial charge in [-0.2, -0.15) is 0 Å². The van der Waals surface area contributed by atoms with Crippen LogP contribution in [-0.2, 0) is 14.3 Å². The average molecular weight is 435 g/mol. The van der Waals surface area contributed by atoms with Crippen molar-refractivity contribution in [1.82, 2.24) is 10.2 Å². The van der Waals surface area contributed by atoms with Gasteiger partial charge in [0.05, 0.1) is 12.2 Å². The molecule has 1 unspecified atom stereocenters. The standard InChI is InChI=1S/C23H34N2O6/c1-4-9-17(3)24-21(26)15-31-23(28)18-10-11-19(20(14-18)29-5-2)30-16-22(27)25-12-7-6-8-13-25/h10-11,14,17H,4-9,12-13,15-16H2,1-3H3,(H,24,26). The Morgan fingerprint density at radius 1 is 1.03 bits per heavy atom. The molecule has 0 aromatic heterocycles. The van der Waals surface area contributed by atoms with E-state index in [9.17, 15) is 14.4 Å². The van der Waals surface area contributed by atoms with Crippen LogP contribution >= 0.6 is 0 Å². The van der Waals surface area contributed by atoms with Gasteiger partial charge in [0.2, 0.25) is 0 Å². The molecule has 172 valence electrons. The van der Waals surface area contributed by atoms with Crippen molar-refractivity contribution in [3.8, 4) is 11.5 Å². The fourth-order valence-electron chi connectivity index (χ4n) is 3.43. The van der Waals surface area contributed by atoms with Gasteiger partial charge in [0.25, 0.3) is 11.8 Å². The normalized spacial score (nSPS) is 14.5. The molecular formula is C23H34N2O6. The van der Waals surface area contributed by atoms with E-state index >= 15 is 0 Å². The van der Waals surface area contributed by atoms with Crippen molar-refractivity contribution in [2.75, 3.05) is 32.9 Å². The summed E-state index contributed by atoms with van der Waals surface area (Å²) < 4.78 is 16.4. The summed E-state index contributed by atoms with van der Waals surface area (Å²) in [4.78, 5) is 38.4. The van der Waals surface area contributed by atoms with Gasteiger partial charge in [0.15, 0.2) is 24.7 Å². The molecule has 0 saturated carbocycles. The van der Waals surface area contributed by atoms with Crippen molar-refractivity contribution in [2.24, 2.45) is 0 Å². The minimum atomic E-state index is -0.629. The van der Waals surface area contributed by atoms with Gasteiger partial charge in [0.1, 0.15) is 0 Å². The van der Waals surface area contributed by atoms with Crippen LogP contribution in [0, 0.1) is 0 Å². The molecule has 1 fully saturated rings. The fourth-order valence-corrected chi connectivity index (χ4v) is 3.43. The summed E-state index contributed by atoms with van der Waals surface area (Å²) in [7, 11) is 0. The molecule has 1 aliphatic heterocycles. The van der Waals surface area contributed by atoms with Crippen molar-refractivity contribution >= 4 is 17.8 Å². The van der Waals surface area contributed by atoms with Gasteiger partial charge < -0.3 is 24.4 Å². The van der Waals surface area contributed by atoms with Gasteiger partial charge in [-0.3, -0.25) is 9.59 Å². The van der Waals surface area contributed by atoms with E-state index in [1.807, 2.05) is 25.7 Å². The van der Waals surface area contributed by atoms with E-state index < -0.39 is 5.97 Å². The first-order valence-corrected chi connectivity index (χ1v) is 11.1. The number of nitrogens with one attached hydrogen (secondary N) is 1. The Morgan fingerprint density at radius 2 is 1.77 bits per heavy atom. The Kier molecular flexibility index (Phi) is 10.1. The highest BCUT2D eigenvalue weighted by Crippen LogP contribution is 2.29. The Balaban J connectivity index is 1.93. The lowest BCUT2D eigenvalue weighted by molar-refractivity contribution is -0.134. The summed E-state index contributed by atoms with van der Waals surface area (Å²) in [5, 5.41) is 2.79. The van der Waals surface area contributed by atoms with Gasteiger partial charge >= 0.3 is 5.97 Å². The van der Waals surface area contributed by atoms with Gasteiger partial charge in [-0.1, -0.05) is 13.3 Å². The second-order valence-corrected chi connectivity index (χ2v) is 7.66. The summed E-state index contributed by atoms with van der Waals surface area (Å²) >= 11 is 0. The number of benzene rings is 1. The minimum Gasteiger partial charge on any atom is -0.490 e. The van der Waals surface area contributed by atoms with E-state index in [0.29, 0.717) is 18.1 Å². The maximum atomic E-state index is 12.3. The largest absolute Gasteiger partial charge is 0.490 e. The van der Waals surface area contributed by atoms with E-state index in [1.54, 1.807) is 6.07 Å². The van der Waals surface area contributed by atoms with Crippen molar-refractivity contribution in [3.05, 3.63) is 23.8 Å². The van der Waals surface area contributed by atoms with E-state index in [0.717, 1.165) is 45.2 Å².